The van der Waals surface area contributed by atoms with E-state index in [1.54, 1.807) is 0 Å². The summed E-state index contributed by atoms with van der Waals surface area (Å²) < 4.78 is 5.18. The van der Waals surface area contributed by atoms with E-state index in [0.29, 0.717) is 0 Å². The first-order chi connectivity index (χ1) is 5.29. The largest absolute Gasteiger partial charge is 0.389 e. The number of anilines is 1. The Morgan fingerprint density at radius 1 is 1.45 bits per heavy atom. The number of fused-ring (bicyclic) bond motifs is 1. The summed E-state index contributed by atoms with van der Waals surface area (Å²) in [6.45, 7) is 0. The van der Waals surface area contributed by atoms with Gasteiger partial charge in [-0.25, -0.2) is 0 Å². The molecule has 0 unspecified atom stereocenters. The van der Waals surface area contributed by atoms with Crippen molar-refractivity contribution in [2.24, 2.45) is 0 Å². The summed E-state index contributed by atoms with van der Waals surface area (Å²) in [4.78, 5) is 0. The van der Waals surface area contributed by atoms with Crippen LogP contribution in [0.4, 0.5) is 5.00 Å². The zero-order valence-corrected chi connectivity index (χ0v) is 7.95. The fourth-order valence-corrected chi connectivity index (χ4v) is 2.33. The van der Waals surface area contributed by atoms with Crippen molar-refractivity contribution in [3.05, 3.63) is 22.7 Å². The molecule has 1 aromatic heterocycles. The lowest BCUT2D eigenvalue weighted by Gasteiger charge is -1.91. The maximum atomic E-state index is 5.70. The lowest BCUT2D eigenvalue weighted by Crippen LogP contribution is -1.78. The highest BCUT2D eigenvalue weighted by Crippen LogP contribution is 2.30. The van der Waals surface area contributed by atoms with Crippen LogP contribution in [0.5, 0.6) is 0 Å². The van der Waals surface area contributed by atoms with Crippen LogP contribution < -0.4 is 5.73 Å². The van der Waals surface area contributed by atoms with Crippen molar-refractivity contribution in [1.29, 1.82) is 0 Å². The highest BCUT2D eigenvalue weighted by Gasteiger charge is 2.04. The Kier molecular flexibility index (Phi) is 1.58. The Morgan fingerprint density at radius 2 is 2.27 bits per heavy atom. The van der Waals surface area contributed by atoms with Crippen LogP contribution in [0.1, 0.15) is 0 Å². The van der Waals surface area contributed by atoms with Crippen molar-refractivity contribution >= 4 is 43.4 Å². The molecule has 2 N–H and O–H groups in total. The number of halogens is 1. The predicted molar refractivity (Wildman–Crippen MR) is 51.7 cm³/mol. The van der Waals surface area contributed by atoms with Gasteiger partial charge in [0, 0.05) is 4.47 Å². The molecule has 0 bridgehead atoms. The Labute approximate surface area is 76.3 Å². The zero-order valence-electron chi connectivity index (χ0n) is 5.54. The first-order valence-electron chi connectivity index (χ1n) is 3.08. The summed E-state index contributed by atoms with van der Waals surface area (Å²) in [5, 5.41) is 1.80. The van der Waals surface area contributed by atoms with Gasteiger partial charge in [-0.05, 0) is 39.6 Å². The minimum atomic E-state index is 0.771. The summed E-state index contributed by atoms with van der Waals surface area (Å²) >= 11 is 4.74. The predicted octanol–water partition coefficient (Wildman–Crippen LogP) is 2.64. The first kappa shape index (κ1) is 7.06. The number of hydrogen-bond donors (Lipinski definition) is 1. The van der Waals surface area contributed by atoms with Gasteiger partial charge in [0.1, 0.15) is 5.00 Å². The molecule has 0 radical (unpaired) electrons. The summed E-state index contributed by atoms with van der Waals surface area (Å²) in [5.41, 5.74) is 6.66. The smallest absolute Gasteiger partial charge is 0.115 e. The number of aromatic nitrogens is 1. The Bertz CT molecular complexity index is 396. The molecular weight excluding hydrogens is 224 g/mol. The zero-order chi connectivity index (χ0) is 7.84. The number of nitrogens with two attached hydrogens (primary N) is 1. The van der Waals surface area contributed by atoms with E-state index in [1.165, 1.54) is 11.5 Å². The molecule has 0 aliphatic rings. The molecule has 56 valence electrons. The molecule has 11 heavy (non-hydrogen) atoms. The average molecular weight is 229 g/mol. The highest BCUT2D eigenvalue weighted by molar-refractivity contribution is 9.10. The highest BCUT2D eigenvalue weighted by atomic mass is 79.9. The van der Waals surface area contributed by atoms with E-state index in [1.807, 2.05) is 18.2 Å². The number of hydrogen-bond acceptors (Lipinski definition) is 3. The average Bonchev–Trinajstić information content (AvgIpc) is 2.34. The van der Waals surface area contributed by atoms with Crippen LogP contribution in [0.15, 0.2) is 22.7 Å². The van der Waals surface area contributed by atoms with Gasteiger partial charge < -0.3 is 5.73 Å². The van der Waals surface area contributed by atoms with Gasteiger partial charge in [-0.1, -0.05) is 6.07 Å². The monoisotopic (exact) mass is 228 g/mol. The molecule has 2 aromatic rings. The first-order valence-corrected chi connectivity index (χ1v) is 4.65. The second-order valence-electron chi connectivity index (χ2n) is 2.18. The maximum absolute atomic E-state index is 5.70. The van der Waals surface area contributed by atoms with E-state index in [9.17, 15) is 0 Å². The Morgan fingerprint density at radius 3 is 3.00 bits per heavy atom. The molecule has 2 nitrogen and oxygen atoms in total. The van der Waals surface area contributed by atoms with Gasteiger partial charge in [-0.3, -0.25) is 0 Å². The van der Waals surface area contributed by atoms with E-state index >= 15 is 0 Å². The van der Waals surface area contributed by atoms with Crippen LogP contribution in [0.2, 0.25) is 0 Å². The van der Waals surface area contributed by atoms with Crippen LogP contribution in [0, 0.1) is 0 Å². The summed E-state index contributed by atoms with van der Waals surface area (Å²) in [6, 6.07) is 5.87. The lowest BCUT2D eigenvalue weighted by atomic mass is 10.2. The molecule has 2 rings (SSSR count). The lowest BCUT2D eigenvalue weighted by molar-refractivity contribution is 1.65. The van der Waals surface area contributed by atoms with Gasteiger partial charge in [0.05, 0.1) is 10.9 Å². The molecule has 0 aliphatic carbocycles. The van der Waals surface area contributed by atoms with Crippen LogP contribution in [-0.2, 0) is 0 Å². The topological polar surface area (TPSA) is 38.9 Å². The van der Waals surface area contributed by atoms with Crippen molar-refractivity contribution in [3.8, 4) is 0 Å². The molecule has 0 aliphatic heterocycles. The van der Waals surface area contributed by atoms with Crippen LogP contribution in [0.3, 0.4) is 0 Å². The molecule has 1 aromatic carbocycles. The fraction of sp³-hybridized carbons (Fsp3) is 0. The van der Waals surface area contributed by atoms with E-state index < -0.39 is 0 Å². The number of benzene rings is 1. The third-order valence-corrected chi connectivity index (χ3v) is 2.83. The van der Waals surface area contributed by atoms with E-state index in [0.717, 1.165) is 20.4 Å². The minimum Gasteiger partial charge on any atom is -0.389 e. The molecule has 0 spiro atoms. The van der Waals surface area contributed by atoms with Crippen LogP contribution in [0.25, 0.3) is 10.9 Å². The Balaban J connectivity index is 2.96. The normalized spacial score (nSPS) is 10.6. The Hall–Kier alpha value is -0.610. The molecule has 0 saturated carbocycles. The maximum Gasteiger partial charge on any atom is 0.115 e. The second-order valence-corrected chi connectivity index (χ2v) is 3.84. The quantitative estimate of drug-likeness (QED) is 0.754. The summed E-state index contributed by atoms with van der Waals surface area (Å²) in [7, 11) is 0. The van der Waals surface area contributed by atoms with E-state index in [-0.39, 0.29) is 0 Å². The molecule has 0 saturated heterocycles. The van der Waals surface area contributed by atoms with E-state index in [4.69, 9.17) is 5.73 Å². The van der Waals surface area contributed by atoms with Crippen molar-refractivity contribution in [2.45, 2.75) is 0 Å². The number of nitrogen functional groups attached to an aromatic ring is 1. The summed E-state index contributed by atoms with van der Waals surface area (Å²) in [6.07, 6.45) is 0. The minimum absolute atomic E-state index is 0.771. The molecule has 4 heteroatoms. The van der Waals surface area contributed by atoms with Crippen LogP contribution >= 0.6 is 27.5 Å². The molecule has 0 fully saturated rings. The third kappa shape index (κ3) is 1.02. The van der Waals surface area contributed by atoms with Gasteiger partial charge in [0.2, 0.25) is 0 Å². The number of nitrogens with zero attached hydrogens (tertiary/aromatic N) is 1. The molecule has 0 atom stereocenters. The molecule has 1 heterocycles. The SMILES string of the molecule is Nc1snc2cccc(Br)c12. The van der Waals surface area contributed by atoms with Crippen LogP contribution in [-0.4, -0.2) is 4.37 Å². The number of rotatable bonds is 0. The molecular formula is C7H5BrN2S. The standard InChI is InChI=1S/C7H5BrN2S/c8-4-2-1-3-5-6(4)7(9)11-10-5/h1-3H,9H2. The van der Waals surface area contributed by atoms with Gasteiger partial charge in [-0.15, -0.1) is 0 Å². The van der Waals surface area contributed by atoms with Gasteiger partial charge in [-0.2, -0.15) is 4.37 Å². The second kappa shape index (κ2) is 2.46. The van der Waals surface area contributed by atoms with Gasteiger partial charge in [0.25, 0.3) is 0 Å². The van der Waals surface area contributed by atoms with Gasteiger partial charge in [0.15, 0.2) is 0 Å². The van der Waals surface area contributed by atoms with Crippen molar-refractivity contribution in [3.63, 3.8) is 0 Å². The van der Waals surface area contributed by atoms with E-state index in [2.05, 4.69) is 20.3 Å². The molecule has 0 amide bonds. The van der Waals surface area contributed by atoms with Crippen molar-refractivity contribution in [2.75, 3.05) is 5.73 Å². The van der Waals surface area contributed by atoms with Crippen molar-refractivity contribution < 1.29 is 0 Å². The third-order valence-electron chi connectivity index (χ3n) is 1.48. The summed E-state index contributed by atoms with van der Waals surface area (Å²) in [5.74, 6) is 0. The fourth-order valence-electron chi connectivity index (χ4n) is 0.977. The van der Waals surface area contributed by atoms with Gasteiger partial charge >= 0.3 is 0 Å². The van der Waals surface area contributed by atoms with Crippen molar-refractivity contribution in [1.82, 2.24) is 4.37 Å².